The fraction of sp³-hybridized carbons (Fsp3) is 0.0556. The number of thiophene rings is 1. The van der Waals surface area contributed by atoms with Gasteiger partial charge in [-0.15, -0.1) is 11.3 Å². The van der Waals surface area contributed by atoms with Gasteiger partial charge in [0.05, 0.1) is 5.69 Å². The molecular weight excluding hydrogens is 262 g/mol. The zero-order chi connectivity index (χ0) is 13.8. The first-order valence-corrected chi connectivity index (χ1v) is 7.44. The molecule has 0 fully saturated rings. The Kier molecular flexibility index (Phi) is 3.75. The van der Waals surface area contributed by atoms with Gasteiger partial charge in [0.25, 0.3) is 0 Å². The van der Waals surface area contributed by atoms with E-state index in [4.69, 9.17) is 0 Å². The highest BCUT2D eigenvalue weighted by molar-refractivity contribution is 7.13. The second-order valence-corrected chi connectivity index (χ2v) is 5.60. The quantitative estimate of drug-likeness (QED) is 0.563. The van der Waals surface area contributed by atoms with Crippen LogP contribution < -0.4 is 0 Å². The van der Waals surface area contributed by atoms with E-state index in [0.29, 0.717) is 0 Å². The number of hydrogen-bond acceptors (Lipinski definition) is 2. The Morgan fingerprint density at radius 1 is 0.950 bits per heavy atom. The summed E-state index contributed by atoms with van der Waals surface area (Å²) in [6.07, 6.45) is 1.93. The van der Waals surface area contributed by atoms with Crippen molar-refractivity contribution in [1.29, 1.82) is 0 Å². The van der Waals surface area contributed by atoms with Gasteiger partial charge in [-0.2, -0.15) is 0 Å². The van der Waals surface area contributed by atoms with Crippen LogP contribution in [0.25, 0.3) is 10.4 Å². The molecule has 1 aromatic heterocycles. The first kappa shape index (κ1) is 12.8. The van der Waals surface area contributed by atoms with Crippen LogP contribution in [-0.2, 0) is 0 Å². The number of rotatable bonds is 3. The third kappa shape index (κ3) is 2.86. The number of nitrogens with zero attached hydrogens (tertiary/aromatic N) is 1. The molecule has 0 unspecified atom stereocenters. The number of benzene rings is 2. The zero-order valence-electron chi connectivity index (χ0n) is 11.3. The molecule has 3 aromatic rings. The summed E-state index contributed by atoms with van der Waals surface area (Å²) in [6.45, 7) is 2.08. The van der Waals surface area contributed by atoms with Gasteiger partial charge in [0.1, 0.15) is 0 Å². The van der Waals surface area contributed by atoms with Gasteiger partial charge in [-0.05, 0) is 47.2 Å². The molecule has 0 aliphatic heterocycles. The summed E-state index contributed by atoms with van der Waals surface area (Å²) in [5.41, 5.74) is 4.58. The summed E-state index contributed by atoms with van der Waals surface area (Å²) in [4.78, 5) is 5.86. The maximum Gasteiger partial charge on any atom is 0.0659 e. The second-order valence-electron chi connectivity index (χ2n) is 4.65. The molecule has 0 radical (unpaired) electrons. The fourth-order valence-corrected chi connectivity index (χ4v) is 2.79. The monoisotopic (exact) mass is 277 g/mol. The van der Waals surface area contributed by atoms with Crippen molar-refractivity contribution in [1.82, 2.24) is 0 Å². The molecule has 0 N–H and O–H groups in total. The topological polar surface area (TPSA) is 12.4 Å². The largest absolute Gasteiger partial charge is 0.256 e. The Bertz CT molecular complexity index is 727. The van der Waals surface area contributed by atoms with E-state index >= 15 is 0 Å². The lowest BCUT2D eigenvalue weighted by Gasteiger charge is -2.01. The maximum absolute atomic E-state index is 4.58. The van der Waals surface area contributed by atoms with E-state index in [-0.39, 0.29) is 0 Å². The molecule has 0 saturated heterocycles. The standard InChI is InChI=1S/C18H15NS/c1-14-6-2-3-9-17(14)19-13-15-7-4-8-16(12-15)18-10-5-11-20-18/h2-13H,1H3. The summed E-state index contributed by atoms with van der Waals surface area (Å²) in [5.74, 6) is 0. The van der Waals surface area contributed by atoms with Crippen LogP contribution in [-0.4, -0.2) is 6.21 Å². The van der Waals surface area contributed by atoms with Gasteiger partial charge in [-0.1, -0.05) is 42.5 Å². The minimum atomic E-state index is 1.02. The summed E-state index contributed by atoms with van der Waals surface area (Å²) in [7, 11) is 0. The molecular formula is C18H15NS. The van der Waals surface area contributed by atoms with Crippen molar-refractivity contribution >= 4 is 23.2 Å². The third-order valence-electron chi connectivity index (χ3n) is 3.16. The molecule has 2 heteroatoms. The Hall–Kier alpha value is -2.19. The molecule has 20 heavy (non-hydrogen) atoms. The average Bonchev–Trinajstić information content (AvgIpc) is 3.01. The fourth-order valence-electron chi connectivity index (χ4n) is 2.07. The lowest BCUT2D eigenvalue weighted by atomic mass is 10.1. The molecule has 1 nitrogen and oxygen atoms in total. The predicted octanol–water partition coefficient (Wildman–Crippen LogP) is 5.47. The first-order chi connectivity index (χ1) is 9.83. The van der Waals surface area contributed by atoms with Gasteiger partial charge >= 0.3 is 0 Å². The van der Waals surface area contributed by atoms with E-state index < -0.39 is 0 Å². The van der Waals surface area contributed by atoms with Crippen LogP contribution in [0.2, 0.25) is 0 Å². The van der Waals surface area contributed by atoms with Gasteiger partial charge in [0, 0.05) is 11.1 Å². The molecule has 0 atom stereocenters. The molecule has 1 heterocycles. The predicted molar refractivity (Wildman–Crippen MR) is 88.2 cm³/mol. The highest BCUT2D eigenvalue weighted by Crippen LogP contribution is 2.25. The maximum atomic E-state index is 4.58. The Balaban J connectivity index is 1.89. The summed E-state index contributed by atoms with van der Waals surface area (Å²) in [6, 6.07) is 20.9. The Morgan fingerprint density at radius 2 is 1.85 bits per heavy atom. The van der Waals surface area contributed by atoms with E-state index in [1.165, 1.54) is 16.0 Å². The van der Waals surface area contributed by atoms with Crippen molar-refractivity contribution in [2.75, 3.05) is 0 Å². The van der Waals surface area contributed by atoms with Crippen LogP contribution in [0.1, 0.15) is 11.1 Å². The second kappa shape index (κ2) is 5.85. The minimum Gasteiger partial charge on any atom is -0.256 e. The number of aryl methyl sites for hydroxylation is 1. The van der Waals surface area contributed by atoms with Crippen LogP contribution >= 0.6 is 11.3 Å². The molecule has 98 valence electrons. The average molecular weight is 277 g/mol. The smallest absolute Gasteiger partial charge is 0.0659 e. The molecule has 0 amide bonds. The van der Waals surface area contributed by atoms with Gasteiger partial charge in [-0.3, -0.25) is 4.99 Å². The van der Waals surface area contributed by atoms with Crippen molar-refractivity contribution in [3.8, 4) is 10.4 Å². The molecule has 2 aromatic carbocycles. The molecule has 0 bridgehead atoms. The first-order valence-electron chi connectivity index (χ1n) is 6.56. The molecule has 0 aliphatic carbocycles. The van der Waals surface area contributed by atoms with Crippen molar-refractivity contribution < 1.29 is 0 Å². The zero-order valence-corrected chi connectivity index (χ0v) is 12.1. The van der Waals surface area contributed by atoms with Gasteiger partial charge in [0.15, 0.2) is 0 Å². The van der Waals surface area contributed by atoms with Gasteiger partial charge in [-0.25, -0.2) is 0 Å². The summed E-state index contributed by atoms with van der Waals surface area (Å²) >= 11 is 1.76. The van der Waals surface area contributed by atoms with E-state index in [9.17, 15) is 0 Å². The lowest BCUT2D eigenvalue weighted by molar-refractivity contribution is 1.40. The van der Waals surface area contributed by atoms with Crippen LogP contribution in [0.5, 0.6) is 0 Å². The SMILES string of the molecule is Cc1ccccc1N=Cc1cccc(-c2cccs2)c1. The molecule has 0 spiro atoms. The van der Waals surface area contributed by atoms with Gasteiger partial charge < -0.3 is 0 Å². The van der Waals surface area contributed by atoms with Crippen molar-refractivity contribution in [3.05, 3.63) is 77.2 Å². The van der Waals surface area contributed by atoms with Gasteiger partial charge in [0.2, 0.25) is 0 Å². The highest BCUT2D eigenvalue weighted by atomic mass is 32.1. The lowest BCUT2D eigenvalue weighted by Crippen LogP contribution is -1.82. The number of aliphatic imine (C=N–C) groups is 1. The minimum absolute atomic E-state index is 1.02. The van der Waals surface area contributed by atoms with Crippen LogP contribution in [0.3, 0.4) is 0 Å². The molecule has 0 aliphatic rings. The normalized spacial score (nSPS) is 11.1. The molecule has 0 saturated carbocycles. The molecule has 3 rings (SSSR count). The van der Waals surface area contributed by atoms with E-state index in [0.717, 1.165) is 11.3 Å². The number of para-hydroxylation sites is 1. The number of hydrogen-bond donors (Lipinski definition) is 0. The van der Waals surface area contributed by atoms with E-state index in [2.05, 4.69) is 59.8 Å². The Labute approximate surface area is 123 Å². The third-order valence-corrected chi connectivity index (χ3v) is 4.08. The van der Waals surface area contributed by atoms with Crippen LogP contribution in [0.4, 0.5) is 5.69 Å². The van der Waals surface area contributed by atoms with Crippen LogP contribution in [0.15, 0.2) is 71.0 Å². The van der Waals surface area contributed by atoms with Crippen LogP contribution in [0, 0.1) is 6.92 Å². The van der Waals surface area contributed by atoms with E-state index in [1.807, 2.05) is 24.4 Å². The Morgan fingerprint density at radius 3 is 2.65 bits per heavy atom. The van der Waals surface area contributed by atoms with E-state index in [1.54, 1.807) is 11.3 Å². The summed E-state index contributed by atoms with van der Waals surface area (Å²) < 4.78 is 0. The summed E-state index contributed by atoms with van der Waals surface area (Å²) in [5, 5.41) is 2.10. The van der Waals surface area contributed by atoms with Crippen molar-refractivity contribution in [2.24, 2.45) is 4.99 Å². The highest BCUT2D eigenvalue weighted by Gasteiger charge is 1.99. The van der Waals surface area contributed by atoms with Crippen molar-refractivity contribution in [2.45, 2.75) is 6.92 Å². The van der Waals surface area contributed by atoms with Crippen molar-refractivity contribution in [3.63, 3.8) is 0 Å².